The van der Waals surface area contributed by atoms with E-state index in [0.29, 0.717) is 5.69 Å². The molecule has 1 heterocycles. The van der Waals surface area contributed by atoms with Crippen LogP contribution in [0.25, 0.3) is 0 Å². The third-order valence-electron chi connectivity index (χ3n) is 12.6. The predicted molar refractivity (Wildman–Crippen MR) is 287 cm³/mol. The van der Waals surface area contributed by atoms with Gasteiger partial charge in [-0.1, -0.05) is 182 Å². The number of aliphatic carboxylic acids is 1. The van der Waals surface area contributed by atoms with Crippen LogP contribution in [-0.4, -0.2) is 80.4 Å². The molecular formula is C61H66N6O8. The number of carbonyl (C=O) groups is 5. The average molecular weight is 1010 g/mol. The van der Waals surface area contributed by atoms with E-state index in [9.17, 15) is 29.1 Å². The largest absolute Gasteiger partial charge is 0.480 e. The quantitative estimate of drug-likeness (QED) is 0.0438. The minimum atomic E-state index is -1.56. The summed E-state index contributed by atoms with van der Waals surface area (Å²) in [5, 5.41) is 21.7. The van der Waals surface area contributed by atoms with E-state index >= 15 is 0 Å². The van der Waals surface area contributed by atoms with Crippen molar-refractivity contribution in [3.8, 4) is 0 Å². The van der Waals surface area contributed by atoms with Crippen molar-refractivity contribution in [3.63, 3.8) is 0 Å². The van der Waals surface area contributed by atoms with Gasteiger partial charge in [0.1, 0.15) is 34.8 Å². The van der Waals surface area contributed by atoms with Crippen molar-refractivity contribution in [2.45, 2.75) is 101 Å². The van der Waals surface area contributed by atoms with E-state index < -0.39 is 70.2 Å². The number of imidazole rings is 1. The molecule has 0 radical (unpaired) electrons. The maximum absolute atomic E-state index is 14.7. The zero-order valence-corrected chi connectivity index (χ0v) is 43.2. The Morgan fingerprint density at radius 2 is 0.933 bits per heavy atom. The standard InChI is InChI=1S/C61H66N6O8/c1-58(2,3)74-41-52(55(70)63-50(56(71)72)37-38-53(68)66-60(43-25-13-7-14-26-43,44-27-15-8-16-28-44)45-29-17-9-18-30-45)64-54(69)51(65-57(73)75-59(4,5)6)39-49-40-67(42-62-49)61(46-31-19-10-20-32-46,47-33-21-11-22-34-47)48-35-23-12-24-36-48/h7-36,40,42,50-52H,37-39,41H2,1-6H3,(H,63,70)(H,64,69)(H,65,73)(H,66,68)(H,71,72)/t50-,51-,52-/m0/s1. The Balaban J connectivity index is 1.15. The highest BCUT2D eigenvalue weighted by Crippen LogP contribution is 2.41. The molecule has 0 aliphatic carbocycles. The fourth-order valence-corrected chi connectivity index (χ4v) is 9.15. The van der Waals surface area contributed by atoms with Crippen molar-refractivity contribution in [2.24, 2.45) is 0 Å². The number of nitrogens with zero attached hydrogens (tertiary/aromatic N) is 2. The molecule has 0 aliphatic heterocycles. The van der Waals surface area contributed by atoms with E-state index in [1.165, 1.54) is 0 Å². The zero-order chi connectivity index (χ0) is 53.6. The summed E-state index contributed by atoms with van der Waals surface area (Å²) in [6.07, 6.45) is 1.88. The van der Waals surface area contributed by atoms with Crippen LogP contribution in [-0.2, 0) is 46.2 Å². The third-order valence-corrected chi connectivity index (χ3v) is 12.6. The number of carboxylic acid groups (broad SMARTS) is 1. The lowest BCUT2D eigenvalue weighted by Crippen LogP contribution is -2.58. The number of amides is 4. The Bertz CT molecular complexity index is 2790. The highest BCUT2D eigenvalue weighted by atomic mass is 16.6. The molecule has 0 fully saturated rings. The number of hydrogen-bond donors (Lipinski definition) is 5. The van der Waals surface area contributed by atoms with Gasteiger partial charge in [-0.2, -0.15) is 0 Å². The number of ether oxygens (including phenoxy) is 2. The van der Waals surface area contributed by atoms with Crippen LogP contribution in [0.5, 0.6) is 0 Å². The van der Waals surface area contributed by atoms with Crippen LogP contribution in [0.15, 0.2) is 195 Å². The van der Waals surface area contributed by atoms with Gasteiger partial charge in [-0.05, 0) is 81.3 Å². The molecule has 388 valence electrons. The van der Waals surface area contributed by atoms with Gasteiger partial charge in [0.2, 0.25) is 17.7 Å². The second-order valence-electron chi connectivity index (χ2n) is 20.3. The molecule has 75 heavy (non-hydrogen) atoms. The number of carbonyl (C=O) groups excluding carboxylic acids is 4. The molecule has 3 atom stereocenters. The fraction of sp³-hybridized carbons (Fsp3) is 0.279. The van der Waals surface area contributed by atoms with E-state index in [1.54, 1.807) is 47.9 Å². The van der Waals surface area contributed by atoms with E-state index in [1.807, 2.05) is 193 Å². The van der Waals surface area contributed by atoms with Crippen molar-refractivity contribution in [3.05, 3.63) is 234 Å². The summed E-state index contributed by atoms with van der Waals surface area (Å²) >= 11 is 0. The molecule has 0 aliphatic rings. The molecular weight excluding hydrogens is 945 g/mol. The highest BCUT2D eigenvalue weighted by Gasteiger charge is 2.41. The molecule has 14 nitrogen and oxygen atoms in total. The van der Waals surface area contributed by atoms with Crippen molar-refractivity contribution < 1.29 is 38.6 Å². The van der Waals surface area contributed by atoms with Gasteiger partial charge in [-0.3, -0.25) is 14.4 Å². The number of hydrogen-bond acceptors (Lipinski definition) is 8. The van der Waals surface area contributed by atoms with Crippen molar-refractivity contribution in [2.75, 3.05) is 6.61 Å². The number of alkyl carbamates (subject to hydrolysis) is 1. The van der Waals surface area contributed by atoms with Gasteiger partial charge >= 0.3 is 12.1 Å². The minimum Gasteiger partial charge on any atom is -0.480 e. The summed E-state index contributed by atoms with van der Waals surface area (Å²) in [5.41, 5.74) is 1.81. The van der Waals surface area contributed by atoms with Gasteiger partial charge in [-0.25, -0.2) is 14.6 Å². The van der Waals surface area contributed by atoms with Gasteiger partial charge in [0.05, 0.1) is 24.2 Å². The summed E-state index contributed by atoms with van der Waals surface area (Å²) in [4.78, 5) is 74.4. The van der Waals surface area contributed by atoms with Gasteiger partial charge in [0, 0.05) is 19.0 Å². The van der Waals surface area contributed by atoms with Crippen LogP contribution in [0.1, 0.15) is 93.5 Å². The van der Waals surface area contributed by atoms with Crippen molar-refractivity contribution in [1.29, 1.82) is 0 Å². The van der Waals surface area contributed by atoms with Crippen LogP contribution in [0.3, 0.4) is 0 Å². The smallest absolute Gasteiger partial charge is 0.408 e. The third kappa shape index (κ3) is 13.6. The first-order valence-electron chi connectivity index (χ1n) is 25.0. The molecule has 1 aromatic heterocycles. The molecule has 7 rings (SSSR count). The number of nitrogens with one attached hydrogen (secondary N) is 4. The second kappa shape index (κ2) is 24.1. The summed E-state index contributed by atoms with van der Waals surface area (Å²) in [6.45, 7) is 10.0. The summed E-state index contributed by atoms with van der Waals surface area (Å²) in [5.74, 6) is -3.54. The lowest BCUT2D eigenvalue weighted by atomic mass is 9.77. The molecule has 0 spiro atoms. The van der Waals surface area contributed by atoms with Crippen LogP contribution in [0, 0.1) is 0 Å². The first kappa shape index (κ1) is 54.4. The number of rotatable bonds is 21. The Morgan fingerprint density at radius 1 is 0.533 bits per heavy atom. The Kier molecular flexibility index (Phi) is 17.5. The maximum atomic E-state index is 14.7. The fourth-order valence-electron chi connectivity index (χ4n) is 9.15. The van der Waals surface area contributed by atoms with Crippen LogP contribution in [0.2, 0.25) is 0 Å². The molecule has 0 saturated heterocycles. The topological polar surface area (TPSA) is 190 Å². The summed E-state index contributed by atoms with van der Waals surface area (Å²) in [6, 6.07) is 54.1. The minimum absolute atomic E-state index is 0.149. The molecule has 0 bridgehead atoms. The van der Waals surface area contributed by atoms with Gasteiger partial charge < -0.3 is 40.4 Å². The molecule has 5 N–H and O–H groups in total. The Morgan fingerprint density at radius 3 is 1.33 bits per heavy atom. The maximum Gasteiger partial charge on any atom is 0.408 e. The first-order valence-corrected chi connectivity index (χ1v) is 25.0. The SMILES string of the molecule is CC(C)(C)OC[C@H](NC(=O)[C@H](Cc1cn(C(c2ccccc2)(c2ccccc2)c2ccccc2)cn1)NC(=O)OC(C)(C)C)C(=O)N[C@@H](CCC(=O)NC(c1ccccc1)(c1ccccc1)c1ccccc1)C(=O)O. The molecule has 14 heteroatoms. The average Bonchev–Trinajstić information content (AvgIpc) is 3.87. The van der Waals surface area contributed by atoms with E-state index in [0.717, 1.165) is 33.4 Å². The van der Waals surface area contributed by atoms with Crippen LogP contribution in [0.4, 0.5) is 4.79 Å². The summed E-state index contributed by atoms with van der Waals surface area (Å²) < 4.78 is 13.6. The van der Waals surface area contributed by atoms with Crippen molar-refractivity contribution in [1.82, 2.24) is 30.8 Å². The number of carboxylic acids is 1. The molecule has 0 unspecified atom stereocenters. The van der Waals surface area contributed by atoms with Crippen LogP contribution < -0.4 is 21.3 Å². The van der Waals surface area contributed by atoms with Crippen LogP contribution >= 0.6 is 0 Å². The van der Waals surface area contributed by atoms with E-state index in [4.69, 9.17) is 14.5 Å². The first-order chi connectivity index (χ1) is 35.9. The molecule has 6 aromatic carbocycles. The Hall–Kier alpha value is -8.36. The highest BCUT2D eigenvalue weighted by molar-refractivity contribution is 5.93. The summed E-state index contributed by atoms with van der Waals surface area (Å²) in [7, 11) is 0. The van der Waals surface area contributed by atoms with Gasteiger partial charge in [-0.15, -0.1) is 0 Å². The van der Waals surface area contributed by atoms with Crippen molar-refractivity contribution >= 4 is 29.8 Å². The lowest BCUT2D eigenvalue weighted by Gasteiger charge is -2.37. The normalized spacial score (nSPS) is 13.1. The van der Waals surface area contributed by atoms with Gasteiger partial charge in [0.15, 0.2) is 0 Å². The molecule has 4 amide bonds. The lowest BCUT2D eigenvalue weighted by molar-refractivity contribution is -0.143. The van der Waals surface area contributed by atoms with E-state index in [-0.39, 0.29) is 25.9 Å². The monoisotopic (exact) mass is 1010 g/mol. The van der Waals surface area contributed by atoms with E-state index in [2.05, 4.69) is 21.3 Å². The number of aromatic nitrogens is 2. The predicted octanol–water partition coefficient (Wildman–Crippen LogP) is 8.92. The zero-order valence-electron chi connectivity index (χ0n) is 43.2. The van der Waals surface area contributed by atoms with Gasteiger partial charge in [0.25, 0.3) is 0 Å². The molecule has 0 saturated carbocycles. The molecule has 7 aromatic rings. The Labute approximate surface area is 438 Å². The number of benzene rings is 6. The second-order valence-corrected chi connectivity index (χ2v) is 20.3.